The first-order valence-corrected chi connectivity index (χ1v) is 8.48. The van der Waals surface area contributed by atoms with Crippen LogP contribution in [0.25, 0.3) is 0 Å². The Kier molecular flexibility index (Phi) is 4.78. The summed E-state index contributed by atoms with van der Waals surface area (Å²) in [5, 5.41) is 0. The smallest absolute Gasteiger partial charge is 0.218 e. The standard InChI is InChI=1S/C14H21FN2O2S/c1-11(16)12-6-4-8-17(9-12)20(18,19)10-13-5-2-3-7-14(13)15/h2-3,5,7,11-12H,4,6,8-10,16H2,1H3. The highest BCUT2D eigenvalue weighted by molar-refractivity contribution is 7.88. The molecule has 0 saturated carbocycles. The zero-order chi connectivity index (χ0) is 14.8. The van der Waals surface area contributed by atoms with Gasteiger partial charge in [-0.15, -0.1) is 0 Å². The normalized spacial score (nSPS) is 22.6. The molecule has 112 valence electrons. The fourth-order valence-corrected chi connectivity index (χ4v) is 4.19. The Morgan fingerprint density at radius 3 is 2.80 bits per heavy atom. The van der Waals surface area contributed by atoms with Crippen LogP contribution in [0.3, 0.4) is 0 Å². The number of nitrogens with two attached hydrogens (primary N) is 1. The van der Waals surface area contributed by atoms with Crippen molar-refractivity contribution < 1.29 is 12.8 Å². The third-order valence-corrected chi connectivity index (χ3v) is 5.65. The van der Waals surface area contributed by atoms with Gasteiger partial charge in [0.05, 0.1) is 5.75 Å². The summed E-state index contributed by atoms with van der Waals surface area (Å²) in [6, 6.07) is 5.97. The van der Waals surface area contributed by atoms with Gasteiger partial charge in [-0.2, -0.15) is 0 Å². The van der Waals surface area contributed by atoms with Gasteiger partial charge < -0.3 is 5.73 Å². The molecule has 2 atom stereocenters. The number of benzene rings is 1. The molecule has 2 N–H and O–H groups in total. The van der Waals surface area contributed by atoms with Gasteiger partial charge in [-0.05, 0) is 31.7 Å². The average Bonchev–Trinajstić information content (AvgIpc) is 2.41. The highest BCUT2D eigenvalue weighted by Gasteiger charge is 2.30. The van der Waals surface area contributed by atoms with Crippen LogP contribution >= 0.6 is 0 Å². The van der Waals surface area contributed by atoms with E-state index in [1.54, 1.807) is 12.1 Å². The number of rotatable bonds is 4. The van der Waals surface area contributed by atoms with Gasteiger partial charge in [0.15, 0.2) is 0 Å². The molecule has 0 bridgehead atoms. The van der Waals surface area contributed by atoms with Crippen molar-refractivity contribution in [2.24, 2.45) is 11.7 Å². The lowest BCUT2D eigenvalue weighted by atomic mass is 9.93. The van der Waals surface area contributed by atoms with Crippen molar-refractivity contribution in [3.63, 3.8) is 0 Å². The summed E-state index contributed by atoms with van der Waals surface area (Å²) in [6.07, 6.45) is 1.76. The van der Waals surface area contributed by atoms with Crippen LogP contribution < -0.4 is 5.73 Å². The molecule has 0 aromatic heterocycles. The van der Waals surface area contributed by atoms with Gasteiger partial charge in [-0.25, -0.2) is 17.1 Å². The van der Waals surface area contributed by atoms with E-state index in [0.717, 1.165) is 12.8 Å². The lowest BCUT2D eigenvalue weighted by Gasteiger charge is -2.33. The molecule has 4 nitrogen and oxygen atoms in total. The number of nitrogens with zero attached hydrogens (tertiary/aromatic N) is 1. The van der Waals surface area contributed by atoms with Gasteiger partial charge in [-0.3, -0.25) is 0 Å². The lowest BCUT2D eigenvalue weighted by molar-refractivity contribution is 0.243. The topological polar surface area (TPSA) is 63.4 Å². The number of hydrogen-bond acceptors (Lipinski definition) is 3. The predicted molar refractivity (Wildman–Crippen MR) is 77.0 cm³/mol. The summed E-state index contributed by atoms with van der Waals surface area (Å²) in [7, 11) is -3.49. The Bertz CT molecular complexity index is 560. The quantitative estimate of drug-likeness (QED) is 0.921. The van der Waals surface area contributed by atoms with E-state index in [1.807, 2.05) is 6.92 Å². The zero-order valence-electron chi connectivity index (χ0n) is 11.6. The molecule has 1 aliphatic heterocycles. The lowest BCUT2D eigenvalue weighted by Crippen LogP contribution is -2.45. The van der Waals surface area contributed by atoms with Crippen molar-refractivity contribution in [2.45, 2.75) is 31.6 Å². The van der Waals surface area contributed by atoms with E-state index in [1.165, 1.54) is 16.4 Å². The molecule has 0 amide bonds. The fourth-order valence-electron chi connectivity index (χ4n) is 2.56. The molecule has 6 heteroatoms. The minimum absolute atomic E-state index is 0.0264. The van der Waals surface area contributed by atoms with Crippen LogP contribution in [-0.4, -0.2) is 31.9 Å². The highest BCUT2D eigenvalue weighted by Crippen LogP contribution is 2.23. The molecule has 1 aromatic carbocycles. The van der Waals surface area contributed by atoms with Crippen molar-refractivity contribution in [1.29, 1.82) is 0 Å². The first-order chi connectivity index (χ1) is 9.40. The van der Waals surface area contributed by atoms with Crippen molar-refractivity contribution in [3.8, 4) is 0 Å². The maximum Gasteiger partial charge on any atom is 0.218 e. The molecule has 2 unspecified atom stereocenters. The summed E-state index contributed by atoms with van der Waals surface area (Å²) in [5.41, 5.74) is 6.09. The summed E-state index contributed by atoms with van der Waals surface area (Å²) in [4.78, 5) is 0. The number of halogens is 1. The van der Waals surface area contributed by atoms with E-state index < -0.39 is 15.8 Å². The van der Waals surface area contributed by atoms with Gasteiger partial charge in [-0.1, -0.05) is 18.2 Å². The van der Waals surface area contributed by atoms with Gasteiger partial charge in [0.2, 0.25) is 10.0 Å². The summed E-state index contributed by atoms with van der Waals surface area (Å²) < 4.78 is 39.8. The SMILES string of the molecule is CC(N)C1CCCN(S(=O)(=O)Cc2ccccc2F)C1. The second-order valence-electron chi connectivity index (χ2n) is 5.47. The number of hydrogen-bond donors (Lipinski definition) is 1. The molecular weight excluding hydrogens is 279 g/mol. The largest absolute Gasteiger partial charge is 0.328 e. The second kappa shape index (κ2) is 6.20. The minimum Gasteiger partial charge on any atom is -0.328 e. The van der Waals surface area contributed by atoms with Gasteiger partial charge in [0, 0.05) is 24.7 Å². The molecule has 1 fully saturated rings. The van der Waals surface area contributed by atoms with Crippen LogP contribution in [0.5, 0.6) is 0 Å². The molecule has 1 saturated heterocycles. The van der Waals surface area contributed by atoms with Gasteiger partial charge in [0.1, 0.15) is 5.82 Å². The van der Waals surface area contributed by atoms with Crippen LogP contribution in [0, 0.1) is 11.7 Å². The van der Waals surface area contributed by atoms with Crippen LogP contribution in [0.15, 0.2) is 24.3 Å². The Balaban J connectivity index is 2.12. The molecular formula is C14H21FN2O2S. The predicted octanol–water partition coefficient (Wildman–Crippen LogP) is 1.71. The van der Waals surface area contributed by atoms with Crippen LogP contribution in [-0.2, 0) is 15.8 Å². The Morgan fingerprint density at radius 1 is 1.45 bits per heavy atom. The number of sulfonamides is 1. The molecule has 1 aliphatic rings. The Hall–Kier alpha value is -0.980. The highest BCUT2D eigenvalue weighted by atomic mass is 32.2. The zero-order valence-corrected chi connectivity index (χ0v) is 12.4. The molecule has 20 heavy (non-hydrogen) atoms. The minimum atomic E-state index is -3.49. The number of piperidine rings is 1. The van der Waals surface area contributed by atoms with E-state index in [2.05, 4.69) is 0 Å². The average molecular weight is 300 g/mol. The van der Waals surface area contributed by atoms with Gasteiger partial charge in [0.25, 0.3) is 0 Å². The molecule has 0 aliphatic carbocycles. The molecule has 1 heterocycles. The Morgan fingerprint density at radius 2 is 2.15 bits per heavy atom. The van der Waals surface area contributed by atoms with Gasteiger partial charge >= 0.3 is 0 Å². The van der Waals surface area contributed by atoms with Crippen molar-refractivity contribution in [1.82, 2.24) is 4.31 Å². The van der Waals surface area contributed by atoms with E-state index in [9.17, 15) is 12.8 Å². The summed E-state index contributed by atoms with van der Waals surface area (Å²) in [6.45, 7) is 2.84. The van der Waals surface area contributed by atoms with Crippen molar-refractivity contribution >= 4 is 10.0 Å². The van der Waals surface area contributed by atoms with Crippen LogP contribution in [0.2, 0.25) is 0 Å². The third-order valence-electron chi connectivity index (χ3n) is 3.85. The van der Waals surface area contributed by atoms with E-state index >= 15 is 0 Å². The first-order valence-electron chi connectivity index (χ1n) is 6.87. The molecule has 0 radical (unpaired) electrons. The van der Waals surface area contributed by atoms with Crippen molar-refractivity contribution in [2.75, 3.05) is 13.1 Å². The van der Waals surface area contributed by atoms with Crippen LogP contribution in [0.4, 0.5) is 4.39 Å². The second-order valence-corrected chi connectivity index (χ2v) is 7.44. The van der Waals surface area contributed by atoms with E-state index in [-0.39, 0.29) is 23.3 Å². The van der Waals surface area contributed by atoms with Crippen molar-refractivity contribution in [3.05, 3.63) is 35.6 Å². The monoisotopic (exact) mass is 300 g/mol. The molecule has 1 aromatic rings. The third kappa shape index (κ3) is 3.56. The maximum absolute atomic E-state index is 13.6. The molecule has 2 rings (SSSR count). The fraction of sp³-hybridized carbons (Fsp3) is 0.571. The summed E-state index contributed by atoms with van der Waals surface area (Å²) in [5.74, 6) is -0.582. The summed E-state index contributed by atoms with van der Waals surface area (Å²) >= 11 is 0. The maximum atomic E-state index is 13.6. The van der Waals surface area contributed by atoms with Crippen LogP contribution in [0.1, 0.15) is 25.3 Å². The molecule has 0 spiro atoms. The first kappa shape index (κ1) is 15.4. The van der Waals surface area contributed by atoms with E-state index in [4.69, 9.17) is 5.73 Å². The van der Waals surface area contributed by atoms with E-state index in [0.29, 0.717) is 13.1 Å². The Labute approximate surface area is 119 Å².